The number of carbonyl (C=O) groups excluding carboxylic acids is 1. The molecule has 0 bridgehead atoms. The van der Waals surface area contributed by atoms with E-state index in [2.05, 4.69) is 21.4 Å². The average Bonchev–Trinajstić information content (AvgIpc) is 2.87. The third-order valence-electron chi connectivity index (χ3n) is 3.66. The Hall–Kier alpha value is -1.60. The number of fused-ring (bicyclic) bond motifs is 1. The molecular weight excluding hydrogens is 361 g/mol. The maximum Gasteiger partial charge on any atom is 0.409 e. The second-order valence-corrected chi connectivity index (χ2v) is 5.91. The van der Waals surface area contributed by atoms with Crippen molar-refractivity contribution in [1.82, 2.24) is 10.4 Å². The summed E-state index contributed by atoms with van der Waals surface area (Å²) < 4.78 is 41.1. The summed E-state index contributed by atoms with van der Waals surface area (Å²) in [5.41, 5.74) is 2.38. The number of hydrogen-bond acceptors (Lipinski definition) is 2. The van der Waals surface area contributed by atoms with Crippen LogP contribution in [0.4, 0.5) is 13.2 Å². The third kappa shape index (κ3) is 2.70. The van der Waals surface area contributed by atoms with Crippen LogP contribution in [0.1, 0.15) is 18.0 Å². The Morgan fingerprint density at radius 1 is 1.18 bits per heavy atom. The minimum atomic E-state index is -4.50. The summed E-state index contributed by atoms with van der Waals surface area (Å²) in [6.07, 6.45) is -4.43. The van der Waals surface area contributed by atoms with Gasteiger partial charge < -0.3 is 0 Å². The van der Waals surface area contributed by atoms with Crippen molar-refractivity contribution in [3.8, 4) is 0 Å². The first kappa shape index (κ1) is 15.3. The van der Waals surface area contributed by atoms with Crippen LogP contribution in [0.3, 0.4) is 0 Å². The van der Waals surface area contributed by atoms with E-state index in [0.29, 0.717) is 9.86 Å². The van der Waals surface area contributed by atoms with Gasteiger partial charge in [0, 0.05) is 17.4 Å². The van der Waals surface area contributed by atoms with E-state index >= 15 is 0 Å². The van der Waals surface area contributed by atoms with Crippen LogP contribution in [0.15, 0.2) is 40.9 Å². The molecule has 116 valence electrons. The number of rotatable bonds is 2. The Labute approximate surface area is 133 Å². The lowest BCUT2D eigenvalue weighted by atomic mass is 10.0. The fourth-order valence-electron chi connectivity index (χ4n) is 2.67. The maximum atomic E-state index is 13.6. The Morgan fingerprint density at radius 3 is 2.55 bits per heavy atom. The topological polar surface area (TPSA) is 32.3 Å². The van der Waals surface area contributed by atoms with E-state index in [1.54, 1.807) is 18.2 Å². The van der Waals surface area contributed by atoms with Crippen molar-refractivity contribution in [2.75, 3.05) is 6.54 Å². The first-order valence-corrected chi connectivity index (χ1v) is 7.47. The summed E-state index contributed by atoms with van der Waals surface area (Å²) in [5, 5.41) is 2.52. The highest BCUT2D eigenvalue weighted by atomic mass is 79.9. The van der Waals surface area contributed by atoms with Gasteiger partial charge in [-0.2, -0.15) is 13.2 Å². The molecule has 0 aliphatic carbocycles. The highest BCUT2D eigenvalue weighted by Gasteiger charge is 2.47. The van der Waals surface area contributed by atoms with Crippen LogP contribution in [0, 0.1) is 0 Å². The lowest BCUT2D eigenvalue weighted by Gasteiger charge is -2.30. The van der Waals surface area contributed by atoms with Gasteiger partial charge in [0.2, 0.25) is 5.91 Å². The van der Waals surface area contributed by atoms with Gasteiger partial charge in [0.1, 0.15) is 0 Å². The number of amides is 1. The molecule has 1 saturated heterocycles. The zero-order valence-electron chi connectivity index (χ0n) is 11.3. The van der Waals surface area contributed by atoms with E-state index in [4.69, 9.17) is 0 Å². The van der Waals surface area contributed by atoms with Crippen molar-refractivity contribution in [3.63, 3.8) is 0 Å². The molecule has 0 aromatic heterocycles. The molecule has 0 saturated carbocycles. The normalized spacial score (nSPS) is 17.7. The van der Waals surface area contributed by atoms with Crippen LogP contribution in [0.2, 0.25) is 0 Å². The SMILES string of the molecule is O=C1CCN([C@@H](c2ccc3ccccc3c2Br)C(F)(F)F)N1. The number of carbonyl (C=O) groups is 1. The quantitative estimate of drug-likeness (QED) is 0.865. The van der Waals surface area contributed by atoms with Crippen LogP contribution in [-0.2, 0) is 4.79 Å². The molecule has 0 unspecified atom stereocenters. The predicted octanol–water partition coefficient (Wildman–Crippen LogP) is 3.94. The smallest absolute Gasteiger partial charge is 0.288 e. The minimum Gasteiger partial charge on any atom is -0.288 e. The lowest BCUT2D eigenvalue weighted by Crippen LogP contribution is -2.43. The van der Waals surface area contributed by atoms with Crippen molar-refractivity contribution in [3.05, 3.63) is 46.4 Å². The fourth-order valence-corrected chi connectivity index (χ4v) is 3.38. The molecule has 3 nitrogen and oxygen atoms in total. The van der Waals surface area contributed by atoms with E-state index in [9.17, 15) is 18.0 Å². The van der Waals surface area contributed by atoms with E-state index in [1.807, 2.05) is 12.1 Å². The monoisotopic (exact) mass is 372 g/mol. The molecule has 1 heterocycles. The van der Waals surface area contributed by atoms with E-state index < -0.39 is 18.1 Å². The van der Waals surface area contributed by atoms with Crippen LogP contribution in [-0.4, -0.2) is 23.6 Å². The number of alkyl halides is 3. The second-order valence-electron chi connectivity index (χ2n) is 5.11. The Kier molecular flexibility index (Phi) is 3.86. The molecule has 1 N–H and O–H groups in total. The third-order valence-corrected chi connectivity index (χ3v) is 4.54. The number of nitrogens with zero attached hydrogens (tertiary/aromatic N) is 1. The predicted molar refractivity (Wildman–Crippen MR) is 79.9 cm³/mol. The molecule has 2 aromatic carbocycles. The molecule has 22 heavy (non-hydrogen) atoms. The summed E-state index contributed by atoms with van der Waals surface area (Å²) in [6.45, 7) is 0.0300. The number of hydrazine groups is 1. The molecule has 3 rings (SSSR count). The molecule has 0 radical (unpaired) electrons. The van der Waals surface area contributed by atoms with Gasteiger partial charge in [-0.05, 0) is 32.3 Å². The van der Waals surface area contributed by atoms with Crippen LogP contribution < -0.4 is 5.43 Å². The van der Waals surface area contributed by atoms with Gasteiger partial charge in [0.25, 0.3) is 0 Å². The molecule has 2 aromatic rings. The van der Waals surface area contributed by atoms with Crippen LogP contribution in [0.25, 0.3) is 10.8 Å². The van der Waals surface area contributed by atoms with Gasteiger partial charge in [-0.15, -0.1) is 0 Å². The van der Waals surface area contributed by atoms with E-state index in [0.717, 1.165) is 10.4 Å². The summed E-state index contributed by atoms with van der Waals surface area (Å²) in [7, 11) is 0. The highest BCUT2D eigenvalue weighted by molar-refractivity contribution is 9.10. The Morgan fingerprint density at radius 2 is 1.91 bits per heavy atom. The summed E-state index contributed by atoms with van der Waals surface area (Å²) in [6, 6.07) is 8.44. The van der Waals surface area contributed by atoms with Gasteiger partial charge >= 0.3 is 6.18 Å². The zero-order chi connectivity index (χ0) is 15.9. The summed E-state index contributed by atoms with van der Waals surface area (Å²) >= 11 is 3.30. The Bertz CT molecular complexity index is 732. The van der Waals surface area contributed by atoms with Gasteiger partial charge in [-0.3, -0.25) is 10.2 Å². The molecule has 7 heteroatoms. The fraction of sp³-hybridized carbons (Fsp3) is 0.267. The number of benzene rings is 2. The molecule has 0 spiro atoms. The van der Waals surface area contributed by atoms with Crippen molar-refractivity contribution >= 4 is 32.6 Å². The van der Waals surface area contributed by atoms with Gasteiger partial charge in [0.15, 0.2) is 6.04 Å². The first-order chi connectivity index (χ1) is 10.4. The van der Waals surface area contributed by atoms with Gasteiger partial charge in [-0.1, -0.05) is 36.4 Å². The van der Waals surface area contributed by atoms with Crippen molar-refractivity contribution in [2.24, 2.45) is 0 Å². The molecule has 1 atom stereocenters. The van der Waals surface area contributed by atoms with Crippen molar-refractivity contribution in [2.45, 2.75) is 18.6 Å². The molecule has 1 fully saturated rings. The van der Waals surface area contributed by atoms with Gasteiger partial charge in [0.05, 0.1) is 0 Å². The first-order valence-electron chi connectivity index (χ1n) is 6.68. The summed E-state index contributed by atoms with van der Waals surface area (Å²) in [5.74, 6) is -0.397. The van der Waals surface area contributed by atoms with Crippen LogP contribution in [0.5, 0.6) is 0 Å². The van der Waals surface area contributed by atoms with Crippen LogP contribution >= 0.6 is 15.9 Å². The highest BCUT2D eigenvalue weighted by Crippen LogP contribution is 2.42. The van der Waals surface area contributed by atoms with E-state index in [-0.39, 0.29) is 18.5 Å². The zero-order valence-corrected chi connectivity index (χ0v) is 12.9. The molecule has 1 aliphatic heterocycles. The van der Waals surface area contributed by atoms with E-state index in [1.165, 1.54) is 6.07 Å². The number of hydrogen-bond donors (Lipinski definition) is 1. The number of halogens is 4. The lowest BCUT2D eigenvalue weighted by molar-refractivity contribution is -0.191. The second kappa shape index (κ2) is 5.55. The number of nitrogens with one attached hydrogen (secondary N) is 1. The summed E-state index contributed by atoms with van der Waals surface area (Å²) in [4.78, 5) is 11.3. The van der Waals surface area contributed by atoms with Gasteiger partial charge in [-0.25, -0.2) is 5.01 Å². The van der Waals surface area contributed by atoms with Crippen molar-refractivity contribution < 1.29 is 18.0 Å². The largest absolute Gasteiger partial charge is 0.409 e. The standard InChI is InChI=1S/C15H12BrF3N2O/c16-13-10-4-2-1-3-9(10)5-6-11(13)14(15(17,18)19)21-8-7-12(22)20-21/h1-6,14H,7-8H2,(H,20,22)/t14-/m0/s1. The maximum absolute atomic E-state index is 13.6. The molecule has 1 aliphatic rings. The Balaban J connectivity index is 2.12. The minimum absolute atomic E-state index is 0.0300. The molecule has 1 amide bonds. The average molecular weight is 373 g/mol. The van der Waals surface area contributed by atoms with Crippen molar-refractivity contribution in [1.29, 1.82) is 0 Å². The molecular formula is C15H12BrF3N2O.